The first kappa shape index (κ1) is 16.1. The van der Waals surface area contributed by atoms with Crippen molar-refractivity contribution in [2.24, 2.45) is 5.73 Å². The molecule has 1 heterocycles. The highest BCUT2D eigenvalue weighted by Crippen LogP contribution is 2.29. The van der Waals surface area contributed by atoms with Gasteiger partial charge in [0.2, 0.25) is 0 Å². The minimum absolute atomic E-state index is 0.448. The molecule has 4 heteroatoms. The summed E-state index contributed by atoms with van der Waals surface area (Å²) in [6, 6.07) is 23.9. The van der Waals surface area contributed by atoms with Crippen molar-refractivity contribution in [2.75, 3.05) is 0 Å². The Balaban J connectivity index is 2.00. The van der Waals surface area contributed by atoms with Crippen molar-refractivity contribution >= 4 is 16.9 Å². The summed E-state index contributed by atoms with van der Waals surface area (Å²) in [5, 5.41) is 0. The van der Waals surface area contributed by atoms with E-state index in [1.54, 1.807) is 6.07 Å². The highest BCUT2D eigenvalue weighted by atomic mass is 16.1. The zero-order chi connectivity index (χ0) is 18.1. The largest absolute Gasteiger partial charge is 0.366 e. The third kappa shape index (κ3) is 2.75. The highest BCUT2D eigenvalue weighted by Gasteiger charge is 2.18. The molecule has 0 spiro atoms. The molecule has 0 aliphatic carbocycles. The molecular weight excluding hydrogens is 322 g/mol. The Labute approximate surface area is 151 Å². The number of aromatic nitrogens is 2. The predicted octanol–water partition coefficient (Wildman–Crippen LogP) is 4.16. The van der Waals surface area contributed by atoms with Crippen LogP contribution in [0.4, 0.5) is 0 Å². The van der Waals surface area contributed by atoms with Gasteiger partial charge in [0.25, 0.3) is 5.91 Å². The molecule has 26 heavy (non-hydrogen) atoms. The topological polar surface area (TPSA) is 60.9 Å². The van der Waals surface area contributed by atoms with Crippen molar-refractivity contribution < 1.29 is 4.79 Å². The molecular formula is C22H19N3O. The Morgan fingerprint density at radius 2 is 1.69 bits per heavy atom. The lowest BCUT2D eigenvalue weighted by atomic mass is 10.1. The zero-order valence-corrected chi connectivity index (χ0v) is 14.5. The molecule has 1 amide bonds. The summed E-state index contributed by atoms with van der Waals surface area (Å²) in [6.45, 7) is 2.74. The number of carbonyl (C=O) groups excluding carboxylic acids is 1. The zero-order valence-electron chi connectivity index (χ0n) is 14.5. The van der Waals surface area contributed by atoms with Crippen LogP contribution in [0.5, 0.6) is 0 Å². The second kappa shape index (κ2) is 6.48. The van der Waals surface area contributed by atoms with E-state index in [0.717, 1.165) is 22.5 Å². The number of hydrogen-bond acceptors (Lipinski definition) is 2. The molecule has 0 aliphatic rings. The van der Waals surface area contributed by atoms with Crippen LogP contribution in [0.2, 0.25) is 0 Å². The van der Waals surface area contributed by atoms with Crippen LogP contribution in [0.3, 0.4) is 0 Å². The van der Waals surface area contributed by atoms with Gasteiger partial charge in [0.15, 0.2) is 0 Å². The maximum Gasteiger partial charge on any atom is 0.250 e. The SMILES string of the molecule is Cc1ccccc1-c1nc2c(C(N)=O)cccc2n1Cc1ccccc1. The van der Waals surface area contributed by atoms with Crippen molar-refractivity contribution in [1.29, 1.82) is 0 Å². The van der Waals surface area contributed by atoms with Crippen LogP contribution in [0, 0.1) is 6.92 Å². The number of nitrogens with two attached hydrogens (primary N) is 1. The van der Waals surface area contributed by atoms with E-state index in [-0.39, 0.29) is 0 Å². The van der Waals surface area contributed by atoms with Crippen molar-refractivity contribution in [3.63, 3.8) is 0 Å². The Hall–Kier alpha value is -3.40. The van der Waals surface area contributed by atoms with E-state index in [4.69, 9.17) is 10.7 Å². The van der Waals surface area contributed by atoms with Gasteiger partial charge in [-0.1, -0.05) is 60.7 Å². The molecule has 0 saturated carbocycles. The Morgan fingerprint density at radius 3 is 2.42 bits per heavy atom. The first-order valence-electron chi connectivity index (χ1n) is 8.54. The van der Waals surface area contributed by atoms with Crippen LogP contribution in [-0.2, 0) is 6.54 Å². The third-order valence-corrected chi connectivity index (χ3v) is 4.61. The van der Waals surface area contributed by atoms with Crippen LogP contribution in [0.1, 0.15) is 21.5 Å². The summed E-state index contributed by atoms with van der Waals surface area (Å²) >= 11 is 0. The molecule has 0 unspecified atom stereocenters. The van der Waals surface area contributed by atoms with E-state index in [0.29, 0.717) is 17.6 Å². The van der Waals surface area contributed by atoms with Gasteiger partial charge in [-0.05, 0) is 30.2 Å². The summed E-state index contributed by atoms with van der Waals surface area (Å²) in [5.74, 6) is 0.381. The van der Waals surface area contributed by atoms with Gasteiger partial charge in [-0.15, -0.1) is 0 Å². The summed E-state index contributed by atoms with van der Waals surface area (Å²) in [7, 11) is 0. The molecule has 2 N–H and O–H groups in total. The van der Waals surface area contributed by atoms with E-state index in [2.05, 4.69) is 35.8 Å². The lowest BCUT2D eigenvalue weighted by Crippen LogP contribution is -2.11. The van der Waals surface area contributed by atoms with Crippen molar-refractivity contribution in [3.8, 4) is 11.4 Å². The minimum Gasteiger partial charge on any atom is -0.366 e. The fraction of sp³-hybridized carbons (Fsp3) is 0.0909. The van der Waals surface area contributed by atoms with Crippen molar-refractivity contribution in [2.45, 2.75) is 13.5 Å². The number of rotatable bonds is 4. The van der Waals surface area contributed by atoms with Gasteiger partial charge < -0.3 is 10.3 Å². The average molecular weight is 341 g/mol. The summed E-state index contributed by atoms with van der Waals surface area (Å²) in [5.41, 5.74) is 10.9. The monoisotopic (exact) mass is 341 g/mol. The standard InChI is InChI=1S/C22H19N3O/c1-15-8-5-6-11-17(15)22-24-20-18(21(23)26)12-7-13-19(20)25(22)14-16-9-3-2-4-10-16/h2-13H,14H2,1H3,(H2,23,26). The molecule has 4 aromatic rings. The molecule has 0 fully saturated rings. The van der Waals surface area contributed by atoms with Crippen LogP contribution in [-0.4, -0.2) is 15.5 Å². The average Bonchev–Trinajstić information content (AvgIpc) is 3.01. The lowest BCUT2D eigenvalue weighted by Gasteiger charge is -2.11. The van der Waals surface area contributed by atoms with Gasteiger partial charge in [0, 0.05) is 12.1 Å². The number of imidazole rings is 1. The normalized spacial score (nSPS) is 11.0. The molecule has 1 aromatic heterocycles. The second-order valence-electron chi connectivity index (χ2n) is 6.36. The predicted molar refractivity (Wildman–Crippen MR) is 104 cm³/mol. The number of benzene rings is 3. The smallest absolute Gasteiger partial charge is 0.250 e. The first-order chi connectivity index (χ1) is 12.6. The molecule has 0 radical (unpaired) electrons. The number of primary amides is 1. The molecule has 0 atom stereocenters. The van der Waals surface area contributed by atoms with Crippen LogP contribution in [0.15, 0.2) is 72.8 Å². The number of nitrogens with zero attached hydrogens (tertiary/aromatic N) is 2. The Bertz CT molecular complexity index is 1100. The second-order valence-corrected chi connectivity index (χ2v) is 6.36. The van der Waals surface area contributed by atoms with E-state index in [1.165, 1.54) is 5.56 Å². The molecule has 128 valence electrons. The number of hydrogen-bond donors (Lipinski definition) is 1. The van der Waals surface area contributed by atoms with Crippen molar-refractivity contribution in [1.82, 2.24) is 9.55 Å². The molecule has 4 nitrogen and oxygen atoms in total. The molecule has 0 bridgehead atoms. The van der Waals surface area contributed by atoms with Crippen LogP contribution >= 0.6 is 0 Å². The Kier molecular flexibility index (Phi) is 4.01. The quantitative estimate of drug-likeness (QED) is 0.606. The van der Waals surface area contributed by atoms with Crippen LogP contribution < -0.4 is 5.73 Å². The van der Waals surface area contributed by atoms with E-state index in [1.807, 2.05) is 42.5 Å². The minimum atomic E-state index is -0.462. The van der Waals surface area contributed by atoms with Gasteiger partial charge in [0.1, 0.15) is 11.3 Å². The van der Waals surface area contributed by atoms with Gasteiger partial charge in [-0.3, -0.25) is 4.79 Å². The van der Waals surface area contributed by atoms with Crippen LogP contribution in [0.25, 0.3) is 22.4 Å². The summed E-state index contributed by atoms with van der Waals surface area (Å²) < 4.78 is 2.15. The maximum atomic E-state index is 11.9. The van der Waals surface area contributed by atoms with E-state index >= 15 is 0 Å². The third-order valence-electron chi connectivity index (χ3n) is 4.61. The fourth-order valence-corrected chi connectivity index (χ4v) is 3.30. The van der Waals surface area contributed by atoms with Gasteiger partial charge >= 0.3 is 0 Å². The highest BCUT2D eigenvalue weighted by molar-refractivity contribution is 6.04. The van der Waals surface area contributed by atoms with E-state index < -0.39 is 5.91 Å². The number of para-hydroxylation sites is 1. The fourth-order valence-electron chi connectivity index (χ4n) is 3.30. The lowest BCUT2D eigenvalue weighted by molar-refractivity contribution is 0.100. The number of amides is 1. The molecule has 0 aliphatic heterocycles. The number of aryl methyl sites for hydroxylation is 1. The molecule has 3 aromatic carbocycles. The first-order valence-corrected chi connectivity index (χ1v) is 8.54. The van der Waals surface area contributed by atoms with Gasteiger partial charge in [-0.25, -0.2) is 4.98 Å². The molecule has 0 saturated heterocycles. The van der Waals surface area contributed by atoms with Gasteiger partial charge in [-0.2, -0.15) is 0 Å². The summed E-state index contributed by atoms with van der Waals surface area (Å²) in [4.78, 5) is 16.7. The van der Waals surface area contributed by atoms with Gasteiger partial charge in [0.05, 0.1) is 11.1 Å². The van der Waals surface area contributed by atoms with E-state index in [9.17, 15) is 4.79 Å². The number of fused-ring (bicyclic) bond motifs is 1. The summed E-state index contributed by atoms with van der Waals surface area (Å²) in [6.07, 6.45) is 0. The molecule has 4 rings (SSSR count). The Morgan fingerprint density at radius 1 is 0.962 bits per heavy atom. The number of carbonyl (C=O) groups is 1. The maximum absolute atomic E-state index is 11.9. The van der Waals surface area contributed by atoms with Crippen molar-refractivity contribution in [3.05, 3.63) is 89.5 Å².